The minimum atomic E-state index is -1.53. The zero-order chi connectivity index (χ0) is 24.6. The molecule has 0 bridgehead atoms. The van der Waals surface area contributed by atoms with E-state index in [1.807, 2.05) is 0 Å². The summed E-state index contributed by atoms with van der Waals surface area (Å²) < 4.78 is 1.76. The number of carboxylic acids is 1. The van der Waals surface area contributed by atoms with E-state index in [0.717, 1.165) is 28.0 Å². The van der Waals surface area contributed by atoms with Gasteiger partial charge in [0.15, 0.2) is 0 Å². The standard InChI is InChI=1S/C16H17N9O6S3.Na/c17-8(26)2-23-16(20-21-22-23)34-4-6-3-32-13-10(12(28)24(13)11(6)14(29)30)19-9(27)1-7-5-33-15(18)25(7)31;/h5,10,13,18,31H,1-4H2,(H2,17,26)(H,19,27)(H,29,30);/q;+1/p-1/t10?,13-;/m1./s1. The summed E-state index contributed by atoms with van der Waals surface area (Å²) in [6.45, 7) is -0.241. The molecule has 19 heteroatoms. The topological polar surface area (TPSA) is 225 Å². The van der Waals surface area contributed by atoms with E-state index >= 15 is 0 Å². The molecule has 0 radical (unpaired) electrons. The van der Waals surface area contributed by atoms with Crippen molar-refractivity contribution in [1.82, 2.24) is 35.2 Å². The second-order valence-corrected chi connectivity index (χ2v) is 10.00. The van der Waals surface area contributed by atoms with Crippen LogP contribution in [-0.4, -0.2) is 81.7 Å². The molecule has 35 heavy (non-hydrogen) atoms. The Morgan fingerprint density at radius 3 is 2.77 bits per heavy atom. The van der Waals surface area contributed by atoms with Gasteiger partial charge in [-0.3, -0.25) is 24.7 Å². The molecule has 2 atom stereocenters. The number of β-lactam (4-membered cyclic amide) rings is 1. The number of hydrogen-bond acceptors (Lipinski definition) is 13. The molecule has 0 aromatic carbocycles. The number of fused-ring (bicyclic) bond motifs is 1. The molecule has 4 rings (SSSR count). The number of carbonyl (C=O) groups excluding carboxylic acids is 4. The summed E-state index contributed by atoms with van der Waals surface area (Å²) in [5.74, 6) is -2.97. The van der Waals surface area contributed by atoms with Crippen LogP contribution in [0.2, 0.25) is 0 Å². The van der Waals surface area contributed by atoms with Crippen LogP contribution in [-0.2, 0) is 32.1 Å². The maximum atomic E-state index is 12.7. The molecule has 4 heterocycles. The van der Waals surface area contributed by atoms with Gasteiger partial charge in [-0.15, -0.1) is 28.2 Å². The van der Waals surface area contributed by atoms with E-state index < -0.39 is 35.1 Å². The number of thioether (sulfide) groups is 2. The average molecular weight is 550 g/mol. The van der Waals surface area contributed by atoms with Gasteiger partial charge < -0.3 is 26.2 Å². The van der Waals surface area contributed by atoms with Gasteiger partial charge in [0, 0.05) is 16.9 Å². The summed E-state index contributed by atoms with van der Waals surface area (Å²) in [5, 5.41) is 43.6. The van der Waals surface area contributed by atoms with Gasteiger partial charge in [0.25, 0.3) is 5.91 Å². The van der Waals surface area contributed by atoms with Gasteiger partial charge in [-0.25, -0.2) is 4.68 Å². The van der Waals surface area contributed by atoms with Crippen LogP contribution in [0, 0.1) is 5.41 Å². The molecule has 0 aliphatic carbocycles. The fourth-order valence-corrected chi connectivity index (χ4v) is 6.35. The first kappa shape index (κ1) is 27.2. The van der Waals surface area contributed by atoms with Crippen LogP contribution < -0.4 is 50.5 Å². The van der Waals surface area contributed by atoms with Crippen molar-refractivity contribution in [3.8, 4) is 0 Å². The Morgan fingerprint density at radius 1 is 1.40 bits per heavy atom. The number of primary amides is 1. The number of nitrogens with zero attached hydrogens (tertiary/aromatic N) is 6. The van der Waals surface area contributed by atoms with Crippen LogP contribution in [0.4, 0.5) is 0 Å². The van der Waals surface area contributed by atoms with Crippen molar-refractivity contribution < 1.29 is 59.0 Å². The molecule has 180 valence electrons. The molecular weight excluding hydrogens is 533 g/mol. The second-order valence-electron chi connectivity index (χ2n) is 7.09. The number of hydrogen-bond donors (Lipinski definition) is 4. The van der Waals surface area contributed by atoms with Gasteiger partial charge in [-0.1, -0.05) is 11.8 Å². The molecule has 2 aromatic rings. The maximum Gasteiger partial charge on any atom is 1.00 e. The molecule has 1 saturated heterocycles. The summed E-state index contributed by atoms with van der Waals surface area (Å²) in [4.78, 5) is 49.0. The first-order valence-electron chi connectivity index (χ1n) is 9.45. The molecule has 3 amide bonds. The zero-order valence-electron chi connectivity index (χ0n) is 18.0. The number of aromatic nitrogens is 5. The normalized spacial score (nSPS) is 19.0. The minimum absolute atomic E-state index is 0. The van der Waals surface area contributed by atoms with Crippen molar-refractivity contribution >= 4 is 58.6 Å². The zero-order valence-corrected chi connectivity index (χ0v) is 22.5. The van der Waals surface area contributed by atoms with E-state index in [4.69, 9.17) is 11.1 Å². The monoisotopic (exact) mass is 549 g/mol. The van der Waals surface area contributed by atoms with Crippen molar-refractivity contribution in [1.29, 1.82) is 5.41 Å². The van der Waals surface area contributed by atoms with E-state index in [2.05, 4.69) is 20.8 Å². The number of carboxylic acid groups (broad SMARTS) is 1. The first-order chi connectivity index (χ1) is 16.2. The molecule has 15 nitrogen and oxygen atoms in total. The molecule has 1 fully saturated rings. The third-order valence-corrected chi connectivity index (χ3v) is 8.02. The van der Waals surface area contributed by atoms with Gasteiger partial charge in [0.1, 0.15) is 18.0 Å². The van der Waals surface area contributed by atoms with Crippen molar-refractivity contribution in [2.24, 2.45) is 5.73 Å². The van der Waals surface area contributed by atoms with Crippen LogP contribution in [0.5, 0.6) is 0 Å². The van der Waals surface area contributed by atoms with Crippen LogP contribution in [0.25, 0.3) is 0 Å². The van der Waals surface area contributed by atoms with E-state index in [1.165, 1.54) is 21.8 Å². The quantitative estimate of drug-likeness (QED) is 0.0995. The molecule has 2 aliphatic rings. The summed E-state index contributed by atoms with van der Waals surface area (Å²) in [6.07, 6.45) is -0.252. The largest absolute Gasteiger partial charge is 1.00 e. The molecule has 1 unspecified atom stereocenters. The van der Waals surface area contributed by atoms with Crippen molar-refractivity contribution in [2.45, 2.75) is 29.5 Å². The van der Waals surface area contributed by atoms with Crippen LogP contribution >= 0.6 is 34.9 Å². The van der Waals surface area contributed by atoms with Crippen molar-refractivity contribution in [3.05, 3.63) is 27.1 Å². The summed E-state index contributed by atoms with van der Waals surface area (Å²) in [6, 6.07) is -0.940. The number of amides is 3. The first-order valence-corrected chi connectivity index (χ1v) is 12.4. The Balaban J connectivity index is 0.00000342. The molecule has 5 N–H and O–H groups in total. The van der Waals surface area contributed by atoms with Gasteiger partial charge in [0.05, 0.1) is 23.8 Å². The number of nitrogens with one attached hydrogen (secondary N) is 2. The van der Waals surface area contributed by atoms with Gasteiger partial charge >= 0.3 is 29.6 Å². The van der Waals surface area contributed by atoms with E-state index in [-0.39, 0.29) is 75.4 Å². The van der Waals surface area contributed by atoms with Crippen LogP contribution in [0.15, 0.2) is 21.8 Å². The number of nitrogens with two attached hydrogens (primary N) is 1. The molecule has 2 aromatic heterocycles. The maximum absolute atomic E-state index is 12.7. The third kappa shape index (κ3) is 5.56. The summed E-state index contributed by atoms with van der Waals surface area (Å²) >= 11 is 3.30. The number of thiazole rings is 1. The Kier molecular flexibility index (Phi) is 8.65. The SMILES string of the molecule is N=c1scc(CC(=O)NC2C(=O)N3C(C(=O)[O-])=C(CSc4nnnn4CC(N)=O)CS[C@H]23)n1O.[Na+]. The number of rotatable bonds is 9. The van der Waals surface area contributed by atoms with E-state index in [0.29, 0.717) is 10.3 Å². The molecule has 2 aliphatic heterocycles. The Bertz CT molecular complexity index is 1270. The number of tetrazole rings is 1. The van der Waals surface area contributed by atoms with Crippen molar-refractivity contribution in [2.75, 3.05) is 11.5 Å². The average Bonchev–Trinajstić information content (AvgIpc) is 3.35. The second kappa shape index (κ2) is 11.1. The van der Waals surface area contributed by atoms with Gasteiger partial charge in [0.2, 0.25) is 21.8 Å². The van der Waals surface area contributed by atoms with E-state index in [9.17, 15) is 29.5 Å². The van der Waals surface area contributed by atoms with Crippen LogP contribution in [0.3, 0.4) is 0 Å². The number of carbonyl (C=O) groups is 4. The molecule has 0 spiro atoms. The Hall–Kier alpha value is -2.38. The predicted molar refractivity (Wildman–Crippen MR) is 114 cm³/mol. The number of aliphatic carboxylic acids is 1. The fourth-order valence-electron chi connectivity index (χ4n) is 3.34. The van der Waals surface area contributed by atoms with E-state index in [1.54, 1.807) is 0 Å². The third-order valence-electron chi connectivity index (χ3n) is 4.85. The predicted octanol–water partition coefficient (Wildman–Crippen LogP) is -6.52. The Morgan fingerprint density at radius 2 is 2.14 bits per heavy atom. The molecular formula is C16H16N9NaO6S3. The van der Waals surface area contributed by atoms with Gasteiger partial charge in [-0.2, -0.15) is 4.73 Å². The smallest absolute Gasteiger partial charge is 0.543 e. The van der Waals surface area contributed by atoms with Gasteiger partial charge in [-0.05, 0) is 16.0 Å². The molecule has 0 saturated carbocycles. The van der Waals surface area contributed by atoms with Crippen LogP contribution in [0.1, 0.15) is 5.69 Å². The summed E-state index contributed by atoms with van der Waals surface area (Å²) in [5.41, 5.74) is 5.48. The fraction of sp³-hybridized carbons (Fsp3) is 0.375. The summed E-state index contributed by atoms with van der Waals surface area (Å²) in [7, 11) is 0. The minimum Gasteiger partial charge on any atom is -0.543 e. The van der Waals surface area contributed by atoms with Crippen molar-refractivity contribution in [3.63, 3.8) is 0 Å². The Labute approximate surface area is 230 Å².